The maximum atomic E-state index is 13.2. The predicted molar refractivity (Wildman–Crippen MR) is 58.1 cm³/mol. The smallest absolute Gasteiger partial charge is 0.126 e. The van der Waals surface area contributed by atoms with Gasteiger partial charge in [0.2, 0.25) is 0 Å². The average Bonchev–Trinajstić information content (AvgIpc) is 2.21. The molecule has 0 radical (unpaired) electrons. The van der Waals surface area contributed by atoms with Gasteiger partial charge in [0.25, 0.3) is 0 Å². The summed E-state index contributed by atoms with van der Waals surface area (Å²) in [5.74, 6) is -0.277. The van der Waals surface area contributed by atoms with Crippen molar-refractivity contribution in [1.29, 1.82) is 5.26 Å². The van der Waals surface area contributed by atoms with E-state index < -0.39 is 0 Å². The molecule has 0 saturated heterocycles. The van der Waals surface area contributed by atoms with Crippen LogP contribution in [0.1, 0.15) is 18.1 Å². The minimum absolute atomic E-state index is 0.273. The second kappa shape index (κ2) is 5.11. The molecule has 1 aromatic rings. The van der Waals surface area contributed by atoms with Gasteiger partial charge in [-0.25, -0.2) is 4.39 Å². The third kappa shape index (κ3) is 3.19. The highest BCUT2D eigenvalue weighted by molar-refractivity contribution is 6.31. The molecule has 0 aromatic heterocycles. The Balaban J connectivity index is 2.78. The van der Waals surface area contributed by atoms with Gasteiger partial charge in [-0.2, -0.15) is 5.26 Å². The number of hydrogen-bond acceptors (Lipinski definition) is 2. The summed E-state index contributed by atoms with van der Waals surface area (Å²) in [7, 11) is 0. The number of nitriles is 1. The van der Waals surface area contributed by atoms with Crippen molar-refractivity contribution in [3.8, 4) is 6.07 Å². The Morgan fingerprint density at radius 1 is 1.60 bits per heavy atom. The van der Waals surface area contributed by atoms with Crippen molar-refractivity contribution in [1.82, 2.24) is 5.32 Å². The van der Waals surface area contributed by atoms with Crippen LogP contribution in [-0.2, 0) is 6.54 Å². The van der Waals surface area contributed by atoms with Crippen molar-refractivity contribution in [2.24, 2.45) is 0 Å². The standard InChI is InChI=1S/C11H12ClFN2/c1-7-3-10(12)9(4-11(7)13)6-15-8(2)5-14/h3-4,8,15H,6H2,1-2H3. The Bertz CT molecular complexity index is 398. The lowest BCUT2D eigenvalue weighted by Gasteiger charge is -2.09. The lowest BCUT2D eigenvalue weighted by atomic mass is 10.1. The molecule has 4 heteroatoms. The molecule has 1 rings (SSSR count). The summed E-state index contributed by atoms with van der Waals surface area (Å²) in [5, 5.41) is 12.0. The van der Waals surface area contributed by atoms with E-state index in [1.54, 1.807) is 19.9 Å². The third-order valence-electron chi connectivity index (χ3n) is 2.12. The predicted octanol–water partition coefficient (Wildman–Crippen LogP) is 2.79. The monoisotopic (exact) mass is 226 g/mol. The zero-order chi connectivity index (χ0) is 11.4. The molecule has 1 N–H and O–H groups in total. The van der Waals surface area contributed by atoms with Crippen LogP contribution in [0.2, 0.25) is 5.02 Å². The molecule has 0 heterocycles. The van der Waals surface area contributed by atoms with Crippen molar-refractivity contribution in [3.63, 3.8) is 0 Å². The summed E-state index contributed by atoms with van der Waals surface area (Å²) in [6.07, 6.45) is 0. The van der Waals surface area contributed by atoms with E-state index in [1.165, 1.54) is 6.07 Å². The first-order chi connectivity index (χ1) is 7.04. The molecule has 0 saturated carbocycles. The van der Waals surface area contributed by atoms with Crippen molar-refractivity contribution in [2.75, 3.05) is 0 Å². The van der Waals surface area contributed by atoms with Gasteiger partial charge in [0.1, 0.15) is 5.82 Å². The van der Waals surface area contributed by atoms with Gasteiger partial charge < -0.3 is 0 Å². The van der Waals surface area contributed by atoms with Crippen LogP contribution in [0.25, 0.3) is 0 Å². The fourth-order valence-electron chi connectivity index (χ4n) is 1.13. The molecule has 80 valence electrons. The highest BCUT2D eigenvalue weighted by Crippen LogP contribution is 2.20. The summed E-state index contributed by atoms with van der Waals surface area (Å²) >= 11 is 5.94. The van der Waals surface area contributed by atoms with Crippen LogP contribution < -0.4 is 5.32 Å². The van der Waals surface area contributed by atoms with Crippen molar-refractivity contribution < 1.29 is 4.39 Å². The average molecular weight is 227 g/mol. The maximum absolute atomic E-state index is 13.2. The molecular formula is C11H12ClFN2. The van der Waals surface area contributed by atoms with E-state index in [0.29, 0.717) is 22.7 Å². The van der Waals surface area contributed by atoms with Gasteiger partial charge in [-0.3, -0.25) is 5.32 Å². The SMILES string of the molecule is Cc1cc(Cl)c(CNC(C)C#N)cc1F. The molecule has 1 aromatic carbocycles. The molecule has 1 unspecified atom stereocenters. The minimum atomic E-state index is -0.277. The van der Waals surface area contributed by atoms with Gasteiger partial charge in [0.05, 0.1) is 12.1 Å². The first-order valence-corrected chi connectivity index (χ1v) is 5.00. The Labute approximate surface area is 93.7 Å². The van der Waals surface area contributed by atoms with E-state index >= 15 is 0 Å². The Morgan fingerprint density at radius 3 is 2.87 bits per heavy atom. The summed E-state index contributed by atoms with van der Waals surface area (Å²) in [4.78, 5) is 0. The van der Waals surface area contributed by atoms with Crippen LogP contribution >= 0.6 is 11.6 Å². The molecular weight excluding hydrogens is 215 g/mol. The van der Waals surface area contributed by atoms with Gasteiger partial charge in [0.15, 0.2) is 0 Å². The molecule has 0 spiro atoms. The summed E-state index contributed by atoms with van der Waals surface area (Å²) in [5.41, 5.74) is 1.19. The summed E-state index contributed by atoms with van der Waals surface area (Å²) in [6, 6.07) is 4.75. The first kappa shape index (κ1) is 12.0. The molecule has 15 heavy (non-hydrogen) atoms. The van der Waals surface area contributed by atoms with E-state index in [0.717, 1.165) is 0 Å². The van der Waals surface area contributed by atoms with Crippen LogP contribution in [0.5, 0.6) is 0 Å². The minimum Gasteiger partial charge on any atom is -0.298 e. The molecule has 0 aliphatic heterocycles. The zero-order valence-corrected chi connectivity index (χ0v) is 9.40. The van der Waals surface area contributed by atoms with E-state index in [1.807, 2.05) is 6.07 Å². The number of aryl methyl sites for hydroxylation is 1. The van der Waals surface area contributed by atoms with Gasteiger partial charge in [-0.15, -0.1) is 0 Å². The van der Waals surface area contributed by atoms with E-state index in [2.05, 4.69) is 5.32 Å². The van der Waals surface area contributed by atoms with Gasteiger partial charge in [-0.05, 0) is 37.1 Å². The summed E-state index contributed by atoms with van der Waals surface area (Å²) in [6.45, 7) is 3.79. The van der Waals surface area contributed by atoms with Crippen LogP contribution in [0.3, 0.4) is 0 Å². The van der Waals surface area contributed by atoms with Crippen molar-refractivity contribution in [2.45, 2.75) is 26.4 Å². The normalized spacial score (nSPS) is 12.2. The quantitative estimate of drug-likeness (QED) is 0.860. The Morgan fingerprint density at radius 2 is 2.27 bits per heavy atom. The highest BCUT2D eigenvalue weighted by Gasteiger charge is 2.06. The second-order valence-corrected chi connectivity index (χ2v) is 3.83. The van der Waals surface area contributed by atoms with E-state index in [4.69, 9.17) is 16.9 Å². The fraction of sp³-hybridized carbons (Fsp3) is 0.364. The number of nitrogens with one attached hydrogen (secondary N) is 1. The van der Waals surface area contributed by atoms with E-state index in [9.17, 15) is 4.39 Å². The van der Waals surface area contributed by atoms with E-state index in [-0.39, 0.29) is 11.9 Å². The molecule has 1 atom stereocenters. The van der Waals surface area contributed by atoms with Gasteiger partial charge >= 0.3 is 0 Å². The van der Waals surface area contributed by atoms with Crippen LogP contribution in [0.15, 0.2) is 12.1 Å². The Kier molecular flexibility index (Phi) is 4.07. The molecule has 2 nitrogen and oxygen atoms in total. The zero-order valence-electron chi connectivity index (χ0n) is 8.64. The number of rotatable bonds is 3. The lowest BCUT2D eigenvalue weighted by molar-refractivity contribution is 0.605. The molecule has 0 fully saturated rings. The van der Waals surface area contributed by atoms with Crippen LogP contribution in [-0.4, -0.2) is 6.04 Å². The van der Waals surface area contributed by atoms with Crippen LogP contribution in [0, 0.1) is 24.1 Å². The second-order valence-electron chi connectivity index (χ2n) is 3.42. The highest BCUT2D eigenvalue weighted by atomic mass is 35.5. The lowest BCUT2D eigenvalue weighted by Crippen LogP contribution is -2.23. The molecule has 0 bridgehead atoms. The Hall–Kier alpha value is -1.11. The number of nitrogens with zero attached hydrogens (tertiary/aromatic N) is 1. The van der Waals surface area contributed by atoms with Crippen molar-refractivity contribution in [3.05, 3.63) is 34.1 Å². The summed E-state index contributed by atoms with van der Waals surface area (Å²) < 4.78 is 13.2. The number of halogens is 2. The fourth-order valence-corrected chi connectivity index (χ4v) is 1.42. The largest absolute Gasteiger partial charge is 0.298 e. The van der Waals surface area contributed by atoms with Crippen LogP contribution in [0.4, 0.5) is 4.39 Å². The molecule has 0 aliphatic rings. The molecule has 0 aliphatic carbocycles. The number of benzene rings is 1. The topological polar surface area (TPSA) is 35.8 Å². The van der Waals surface area contributed by atoms with Crippen molar-refractivity contribution >= 4 is 11.6 Å². The van der Waals surface area contributed by atoms with Gasteiger partial charge in [0, 0.05) is 11.6 Å². The van der Waals surface area contributed by atoms with Gasteiger partial charge in [-0.1, -0.05) is 11.6 Å². The maximum Gasteiger partial charge on any atom is 0.126 e. The number of hydrogen-bond donors (Lipinski definition) is 1. The molecule has 0 amide bonds. The first-order valence-electron chi connectivity index (χ1n) is 4.62. The third-order valence-corrected chi connectivity index (χ3v) is 2.47.